The number of urea groups is 1. The first-order chi connectivity index (χ1) is 16.1. The number of benzene rings is 2. The molecule has 34 heavy (non-hydrogen) atoms. The Morgan fingerprint density at radius 2 is 1.71 bits per heavy atom. The van der Waals surface area contributed by atoms with Gasteiger partial charge in [-0.3, -0.25) is 19.7 Å². The van der Waals surface area contributed by atoms with Gasteiger partial charge in [0, 0.05) is 22.6 Å². The van der Waals surface area contributed by atoms with Crippen molar-refractivity contribution in [2.45, 2.75) is 13.8 Å². The van der Waals surface area contributed by atoms with Crippen molar-refractivity contribution in [3.63, 3.8) is 0 Å². The highest BCUT2D eigenvalue weighted by molar-refractivity contribution is 6.46. The van der Waals surface area contributed by atoms with Gasteiger partial charge in [-0.25, -0.2) is 9.69 Å². The zero-order valence-corrected chi connectivity index (χ0v) is 19.6. The number of primary amides is 1. The maximum absolute atomic E-state index is 13.2. The van der Waals surface area contributed by atoms with Gasteiger partial charge in [-0.1, -0.05) is 29.3 Å². The molecule has 172 valence electrons. The Labute approximate surface area is 204 Å². The maximum atomic E-state index is 13.2. The van der Waals surface area contributed by atoms with Crippen LogP contribution in [0.25, 0.3) is 11.8 Å². The Kier molecular flexibility index (Phi) is 6.03. The lowest BCUT2D eigenvalue weighted by Gasteiger charge is -2.27. The largest absolute Gasteiger partial charge is 0.366 e. The number of halogens is 2. The van der Waals surface area contributed by atoms with Crippen molar-refractivity contribution >= 4 is 58.7 Å². The lowest BCUT2D eigenvalue weighted by atomic mass is 10.1. The lowest BCUT2D eigenvalue weighted by Crippen LogP contribution is -2.54. The topological polar surface area (TPSA) is 114 Å². The second kappa shape index (κ2) is 8.81. The lowest BCUT2D eigenvalue weighted by molar-refractivity contribution is -0.122. The number of amides is 5. The number of nitrogens with one attached hydrogen (secondary N) is 1. The third kappa shape index (κ3) is 3.98. The van der Waals surface area contributed by atoms with E-state index >= 15 is 0 Å². The molecule has 2 aromatic carbocycles. The zero-order valence-electron chi connectivity index (χ0n) is 18.1. The van der Waals surface area contributed by atoms with Crippen LogP contribution in [-0.2, 0) is 9.59 Å². The minimum absolute atomic E-state index is 0.0129. The molecule has 4 rings (SSSR count). The number of hydrogen-bond acceptors (Lipinski definition) is 4. The van der Waals surface area contributed by atoms with E-state index in [0.717, 1.165) is 22.0 Å². The first kappa shape index (κ1) is 23.3. The first-order valence-corrected chi connectivity index (χ1v) is 10.8. The van der Waals surface area contributed by atoms with E-state index in [4.69, 9.17) is 28.9 Å². The number of anilines is 1. The van der Waals surface area contributed by atoms with Gasteiger partial charge >= 0.3 is 6.03 Å². The normalized spacial score (nSPS) is 15.1. The fourth-order valence-electron chi connectivity index (χ4n) is 3.80. The standard InChI is InChI=1S/C24H18Cl2N4O4/c1-12-10-15(13(2)29(12)16-8-6-14(7-9-16)21(27)31)11-17-22(32)28-24(34)30(23(17)33)19-5-3-4-18(25)20(19)26/h3-11H,1-2H3,(H2,27,31)(H,28,32,34)/b17-11+. The van der Waals surface area contributed by atoms with Crippen LogP contribution >= 0.6 is 23.2 Å². The zero-order chi connectivity index (χ0) is 24.7. The minimum Gasteiger partial charge on any atom is -0.366 e. The Morgan fingerprint density at radius 3 is 2.35 bits per heavy atom. The summed E-state index contributed by atoms with van der Waals surface area (Å²) in [7, 11) is 0. The summed E-state index contributed by atoms with van der Waals surface area (Å²) in [4.78, 5) is 50.4. The molecule has 8 nitrogen and oxygen atoms in total. The van der Waals surface area contributed by atoms with Gasteiger partial charge < -0.3 is 10.3 Å². The molecule has 0 saturated carbocycles. The number of nitrogens with zero attached hydrogens (tertiary/aromatic N) is 2. The predicted octanol–water partition coefficient (Wildman–Crippen LogP) is 4.17. The number of barbiturate groups is 1. The summed E-state index contributed by atoms with van der Waals surface area (Å²) in [5, 5.41) is 2.34. The van der Waals surface area contributed by atoms with Crippen molar-refractivity contribution in [2.24, 2.45) is 5.73 Å². The van der Waals surface area contributed by atoms with E-state index in [9.17, 15) is 19.2 Å². The average Bonchev–Trinajstić information content (AvgIpc) is 3.06. The molecule has 0 bridgehead atoms. The highest BCUT2D eigenvalue weighted by Crippen LogP contribution is 2.34. The molecular weight excluding hydrogens is 479 g/mol. The van der Waals surface area contributed by atoms with Crippen molar-refractivity contribution in [3.05, 3.63) is 86.7 Å². The summed E-state index contributed by atoms with van der Waals surface area (Å²) >= 11 is 12.2. The Bertz CT molecular complexity index is 1410. The molecular formula is C24H18Cl2N4O4. The van der Waals surface area contributed by atoms with Crippen LogP contribution < -0.4 is 16.0 Å². The van der Waals surface area contributed by atoms with E-state index in [1.165, 1.54) is 18.2 Å². The third-order valence-corrected chi connectivity index (χ3v) is 6.26. The van der Waals surface area contributed by atoms with E-state index in [1.807, 2.05) is 18.4 Å². The summed E-state index contributed by atoms with van der Waals surface area (Å²) in [6, 6.07) is 12.1. The number of aromatic nitrogens is 1. The maximum Gasteiger partial charge on any atom is 0.336 e. The van der Waals surface area contributed by atoms with Gasteiger partial charge in [-0.15, -0.1) is 0 Å². The van der Waals surface area contributed by atoms with Gasteiger partial charge in [0.15, 0.2) is 0 Å². The highest BCUT2D eigenvalue weighted by Gasteiger charge is 2.38. The monoisotopic (exact) mass is 496 g/mol. The molecule has 1 fully saturated rings. The van der Waals surface area contributed by atoms with E-state index < -0.39 is 23.8 Å². The molecule has 1 aliphatic rings. The van der Waals surface area contributed by atoms with Crippen molar-refractivity contribution in [1.29, 1.82) is 0 Å². The van der Waals surface area contributed by atoms with E-state index in [2.05, 4.69) is 5.32 Å². The van der Waals surface area contributed by atoms with Crippen LogP contribution in [-0.4, -0.2) is 28.3 Å². The number of carbonyl (C=O) groups is 4. The van der Waals surface area contributed by atoms with Crippen LogP contribution in [0.3, 0.4) is 0 Å². The minimum atomic E-state index is -0.920. The van der Waals surface area contributed by atoms with Gasteiger partial charge in [0.25, 0.3) is 11.8 Å². The Balaban J connectivity index is 1.76. The van der Waals surface area contributed by atoms with Crippen LogP contribution in [0.4, 0.5) is 10.5 Å². The Morgan fingerprint density at radius 1 is 1.03 bits per heavy atom. The van der Waals surface area contributed by atoms with Crippen LogP contribution in [0.5, 0.6) is 0 Å². The molecule has 3 N–H and O–H groups in total. The van der Waals surface area contributed by atoms with Crippen molar-refractivity contribution < 1.29 is 19.2 Å². The number of carbonyl (C=O) groups excluding carboxylic acids is 4. The molecule has 0 atom stereocenters. The first-order valence-electron chi connectivity index (χ1n) is 10.0. The molecule has 0 spiro atoms. The van der Waals surface area contributed by atoms with Crippen LogP contribution in [0.1, 0.15) is 27.3 Å². The van der Waals surface area contributed by atoms with Crippen LogP contribution in [0, 0.1) is 13.8 Å². The summed E-state index contributed by atoms with van der Waals surface area (Å²) in [6.45, 7) is 3.69. The van der Waals surface area contributed by atoms with Crippen molar-refractivity contribution in [2.75, 3.05) is 4.90 Å². The van der Waals surface area contributed by atoms with Crippen molar-refractivity contribution in [1.82, 2.24) is 9.88 Å². The number of hydrogen-bond donors (Lipinski definition) is 2. The second-order valence-electron chi connectivity index (χ2n) is 7.60. The average molecular weight is 497 g/mol. The van der Waals surface area contributed by atoms with E-state index in [0.29, 0.717) is 11.1 Å². The van der Waals surface area contributed by atoms with Crippen LogP contribution in [0.2, 0.25) is 10.0 Å². The number of nitrogens with two attached hydrogens (primary N) is 1. The van der Waals surface area contributed by atoms with Gasteiger partial charge in [0.2, 0.25) is 5.91 Å². The molecule has 2 heterocycles. The summed E-state index contributed by atoms with van der Waals surface area (Å²) in [6.07, 6.45) is 1.42. The number of aryl methyl sites for hydroxylation is 1. The molecule has 0 radical (unpaired) electrons. The third-order valence-electron chi connectivity index (χ3n) is 5.45. The van der Waals surface area contributed by atoms with Crippen molar-refractivity contribution in [3.8, 4) is 5.69 Å². The second-order valence-corrected chi connectivity index (χ2v) is 8.39. The smallest absolute Gasteiger partial charge is 0.336 e. The predicted molar refractivity (Wildman–Crippen MR) is 129 cm³/mol. The summed E-state index contributed by atoms with van der Waals surface area (Å²) in [5.74, 6) is -2.17. The molecule has 1 saturated heterocycles. The number of rotatable bonds is 4. The molecule has 0 aliphatic carbocycles. The van der Waals surface area contributed by atoms with Crippen LogP contribution in [0.15, 0.2) is 54.1 Å². The van der Waals surface area contributed by atoms with Gasteiger partial charge in [0.05, 0.1) is 15.7 Å². The fourth-order valence-corrected chi connectivity index (χ4v) is 4.18. The molecule has 10 heteroatoms. The van der Waals surface area contributed by atoms with Gasteiger partial charge in [0.1, 0.15) is 5.57 Å². The SMILES string of the molecule is Cc1cc(/C=C2\C(=O)NC(=O)N(c3cccc(Cl)c3Cl)C2=O)c(C)n1-c1ccc(C(N)=O)cc1. The molecule has 1 aromatic heterocycles. The quantitative estimate of drug-likeness (QED) is 0.416. The van der Waals surface area contributed by atoms with E-state index in [1.54, 1.807) is 36.4 Å². The number of imide groups is 2. The fraction of sp³-hybridized carbons (Fsp3) is 0.0833. The highest BCUT2D eigenvalue weighted by atomic mass is 35.5. The molecule has 1 aliphatic heterocycles. The Hall–Kier alpha value is -3.88. The summed E-state index contributed by atoms with van der Waals surface area (Å²) < 4.78 is 1.90. The van der Waals surface area contributed by atoms with Gasteiger partial charge in [-0.2, -0.15) is 0 Å². The van der Waals surface area contributed by atoms with E-state index in [-0.39, 0.29) is 21.3 Å². The van der Waals surface area contributed by atoms with Gasteiger partial charge in [-0.05, 0) is 68.0 Å². The molecule has 5 amide bonds. The molecule has 0 unspecified atom stereocenters. The molecule has 3 aromatic rings. The summed E-state index contributed by atoms with van der Waals surface area (Å²) in [5.41, 5.74) is 8.45.